The number of hydrogen-bond acceptors (Lipinski definition) is 5. The maximum absolute atomic E-state index is 13.0. The molecule has 3 aromatic rings. The van der Waals surface area contributed by atoms with E-state index in [2.05, 4.69) is 42.9 Å². The van der Waals surface area contributed by atoms with E-state index in [9.17, 15) is 9.59 Å². The van der Waals surface area contributed by atoms with Gasteiger partial charge in [0.2, 0.25) is 5.95 Å². The highest BCUT2D eigenvalue weighted by Gasteiger charge is 2.21. The van der Waals surface area contributed by atoms with Crippen molar-refractivity contribution in [2.24, 2.45) is 14.1 Å². The van der Waals surface area contributed by atoms with Gasteiger partial charge in [0.15, 0.2) is 11.2 Å². The van der Waals surface area contributed by atoms with Gasteiger partial charge in [0.05, 0.1) is 6.54 Å². The molecule has 0 aliphatic heterocycles. The van der Waals surface area contributed by atoms with Crippen LogP contribution in [0.2, 0.25) is 5.02 Å². The number of fused-ring (bicyclic) bond motifs is 1. The standard InChI is InChI=1S/C24H35ClN6O2/c1-7-16(3)30(17(4)8-2)14-13-26-23-27-21-20(22(32)29(6)24(33)28(21)5)31(23)15-18-9-11-19(25)12-10-18/h9-12,16-17H,7-8,13-15H2,1-6H3,(H,26,27)/t16-,17-/m1/s1. The average Bonchev–Trinajstić information content (AvgIpc) is 3.17. The van der Waals surface area contributed by atoms with E-state index < -0.39 is 5.69 Å². The molecule has 2 heterocycles. The summed E-state index contributed by atoms with van der Waals surface area (Å²) in [6.45, 7) is 10.9. The molecule has 8 nitrogen and oxygen atoms in total. The number of halogens is 1. The zero-order chi connectivity index (χ0) is 24.3. The fourth-order valence-electron chi connectivity index (χ4n) is 4.15. The number of nitrogens with one attached hydrogen (secondary N) is 1. The van der Waals surface area contributed by atoms with Crippen molar-refractivity contribution in [1.82, 2.24) is 23.6 Å². The first-order valence-electron chi connectivity index (χ1n) is 11.6. The molecule has 0 spiro atoms. The maximum Gasteiger partial charge on any atom is 0.332 e. The van der Waals surface area contributed by atoms with Crippen molar-refractivity contribution in [3.05, 3.63) is 55.7 Å². The van der Waals surface area contributed by atoms with E-state index >= 15 is 0 Å². The molecule has 0 radical (unpaired) electrons. The lowest BCUT2D eigenvalue weighted by molar-refractivity contribution is 0.152. The number of nitrogens with zero attached hydrogens (tertiary/aromatic N) is 5. The van der Waals surface area contributed by atoms with Gasteiger partial charge in [-0.15, -0.1) is 0 Å². The van der Waals surface area contributed by atoms with Crippen LogP contribution in [0.25, 0.3) is 11.2 Å². The minimum Gasteiger partial charge on any atom is -0.354 e. The molecule has 2 aromatic heterocycles. The van der Waals surface area contributed by atoms with Gasteiger partial charge in [-0.25, -0.2) is 4.79 Å². The highest BCUT2D eigenvalue weighted by Crippen LogP contribution is 2.19. The van der Waals surface area contributed by atoms with Gasteiger partial charge in [0.1, 0.15) is 0 Å². The van der Waals surface area contributed by atoms with Crippen molar-refractivity contribution in [2.45, 2.75) is 59.2 Å². The topological polar surface area (TPSA) is 77.1 Å². The molecule has 0 saturated carbocycles. The number of rotatable bonds is 10. The summed E-state index contributed by atoms with van der Waals surface area (Å²) in [5.41, 5.74) is 1.01. The molecule has 0 fully saturated rings. The van der Waals surface area contributed by atoms with E-state index in [1.165, 1.54) is 11.6 Å². The minimum atomic E-state index is -0.394. The summed E-state index contributed by atoms with van der Waals surface area (Å²) in [7, 11) is 3.13. The Hall–Kier alpha value is -2.58. The van der Waals surface area contributed by atoms with Crippen LogP contribution >= 0.6 is 11.6 Å². The Bertz CT molecular complexity index is 1200. The second kappa shape index (κ2) is 10.6. The van der Waals surface area contributed by atoms with Gasteiger partial charge in [-0.1, -0.05) is 37.6 Å². The molecule has 0 aliphatic rings. The second-order valence-electron chi connectivity index (χ2n) is 8.71. The Morgan fingerprint density at radius 2 is 1.64 bits per heavy atom. The lowest BCUT2D eigenvalue weighted by Crippen LogP contribution is -2.42. The SMILES string of the molecule is CC[C@@H](C)N(CCNc1nc2c(c(=O)n(C)c(=O)n2C)n1Cc1ccc(Cl)cc1)[C@H](C)CC. The zero-order valence-corrected chi connectivity index (χ0v) is 21.2. The van der Waals surface area contributed by atoms with Crippen molar-refractivity contribution >= 4 is 28.7 Å². The maximum atomic E-state index is 13.0. The second-order valence-corrected chi connectivity index (χ2v) is 9.14. The first-order chi connectivity index (χ1) is 15.7. The van der Waals surface area contributed by atoms with Gasteiger partial charge < -0.3 is 5.32 Å². The van der Waals surface area contributed by atoms with Crippen LogP contribution in [0.3, 0.4) is 0 Å². The molecular weight excluding hydrogens is 440 g/mol. The molecule has 0 bridgehead atoms. The quantitative estimate of drug-likeness (QED) is 0.487. The number of hydrogen-bond donors (Lipinski definition) is 1. The molecule has 0 saturated heterocycles. The lowest BCUT2D eigenvalue weighted by atomic mass is 10.1. The number of benzene rings is 1. The Balaban J connectivity index is 2.00. The Kier molecular flexibility index (Phi) is 8.02. The van der Waals surface area contributed by atoms with Crippen molar-refractivity contribution in [3.63, 3.8) is 0 Å². The minimum absolute atomic E-state index is 0.358. The molecule has 0 aliphatic carbocycles. The lowest BCUT2D eigenvalue weighted by Gasteiger charge is -2.33. The third-order valence-corrected chi connectivity index (χ3v) is 6.82. The molecule has 2 atom stereocenters. The van der Waals surface area contributed by atoms with Gasteiger partial charge in [0.25, 0.3) is 5.56 Å². The molecule has 9 heteroatoms. The van der Waals surface area contributed by atoms with Crippen LogP contribution < -0.4 is 16.6 Å². The van der Waals surface area contributed by atoms with E-state index in [1.54, 1.807) is 7.05 Å². The first kappa shape index (κ1) is 25.1. The molecule has 3 rings (SSSR count). The Morgan fingerprint density at radius 1 is 1.03 bits per heavy atom. The summed E-state index contributed by atoms with van der Waals surface area (Å²) < 4.78 is 4.40. The zero-order valence-electron chi connectivity index (χ0n) is 20.4. The van der Waals surface area contributed by atoms with Crippen LogP contribution in [0.5, 0.6) is 0 Å². The molecular formula is C24H35ClN6O2. The van der Waals surface area contributed by atoms with E-state index in [1.807, 2.05) is 28.8 Å². The molecule has 1 aromatic carbocycles. The number of aryl methyl sites for hydroxylation is 1. The normalized spacial score (nSPS) is 13.6. The van der Waals surface area contributed by atoms with Crippen LogP contribution in [0, 0.1) is 0 Å². The summed E-state index contributed by atoms with van der Waals surface area (Å²) in [6.07, 6.45) is 2.16. The van der Waals surface area contributed by atoms with Crippen molar-refractivity contribution < 1.29 is 0 Å². The van der Waals surface area contributed by atoms with Gasteiger partial charge in [-0.3, -0.25) is 23.4 Å². The van der Waals surface area contributed by atoms with Crippen molar-refractivity contribution in [2.75, 3.05) is 18.4 Å². The summed E-state index contributed by atoms with van der Waals surface area (Å²) >= 11 is 6.05. The predicted octanol–water partition coefficient (Wildman–Crippen LogP) is 3.45. The van der Waals surface area contributed by atoms with Crippen molar-refractivity contribution in [3.8, 4) is 0 Å². The Morgan fingerprint density at radius 3 is 2.21 bits per heavy atom. The average molecular weight is 475 g/mol. The van der Waals surface area contributed by atoms with Gasteiger partial charge in [0, 0.05) is 44.3 Å². The largest absolute Gasteiger partial charge is 0.354 e. The van der Waals surface area contributed by atoms with Crippen LogP contribution in [-0.2, 0) is 20.6 Å². The highest BCUT2D eigenvalue weighted by atomic mass is 35.5. The molecule has 1 N–H and O–H groups in total. The molecule has 180 valence electrons. The third kappa shape index (κ3) is 5.17. The smallest absolute Gasteiger partial charge is 0.332 e. The Labute approximate surface area is 199 Å². The van der Waals surface area contributed by atoms with Gasteiger partial charge in [-0.05, 0) is 44.4 Å². The van der Waals surface area contributed by atoms with Crippen LogP contribution in [0.4, 0.5) is 5.95 Å². The van der Waals surface area contributed by atoms with Gasteiger partial charge >= 0.3 is 5.69 Å². The molecule has 0 unspecified atom stereocenters. The van der Waals surface area contributed by atoms with Gasteiger partial charge in [-0.2, -0.15) is 4.98 Å². The number of aromatic nitrogens is 4. The summed E-state index contributed by atoms with van der Waals surface area (Å²) in [5, 5.41) is 4.09. The molecule has 33 heavy (non-hydrogen) atoms. The summed E-state index contributed by atoms with van der Waals surface area (Å²) in [4.78, 5) is 32.7. The van der Waals surface area contributed by atoms with E-state index in [0.29, 0.717) is 47.3 Å². The highest BCUT2D eigenvalue weighted by molar-refractivity contribution is 6.30. The fraction of sp³-hybridized carbons (Fsp3) is 0.542. The van der Waals surface area contributed by atoms with Crippen LogP contribution in [0.1, 0.15) is 46.1 Å². The summed E-state index contributed by atoms with van der Waals surface area (Å²) in [6, 6.07) is 8.46. The van der Waals surface area contributed by atoms with E-state index in [4.69, 9.17) is 11.6 Å². The number of imidazole rings is 1. The molecule has 0 amide bonds. The third-order valence-electron chi connectivity index (χ3n) is 6.57. The monoisotopic (exact) mass is 474 g/mol. The van der Waals surface area contributed by atoms with Crippen molar-refractivity contribution in [1.29, 1.82) is 0 Å². The van der Waals surface area contributed by atoms with E-state index in [-0.39, 0.29) is 5.56 Å². The van der Waals surface area contributed by atoms with E-state index in [0.717, 1.165) is 29.5 Å². The first-order valence-corrected chi connectivity index (χ1v) is 12.0. The van der Waals surface area contributed by atoms with Crippen LogP contribution in [-0.4, -0.2) is 48.8 Å². The summed E-state index contributed by atoms with van der Waals surface area (Å²) in [5.74, 6) is 0.575. The number of anilines is 1. The van der Waals surface area contributed by atoms with Crippen LogP contribution in [0.15, 0.2) is 33.9 Å². The fourth-order valence-corrected chi connectivity index (χ4v) is 4.27. The predicted molar refractivity (Wildman–Crippen MR) is 135 cm³/mol.